The largest absolute Gasteiger partial charge is 0.335 e. The molecule has 1 amide bonds. The predicted molar refractivity (Wildman–Crippen MR) is 96.8 cm³/mol. The number of aromatic nitrogens is 1. The molecule has 0 radical (unpaired) electrons. The third-order valence-corrected chi connectivity index (χ3v) is 6.15. The second-order valence-electron chi connectivity index (χ2n) is 7.64. The van der Waals surface area contributed by atoms with Gasteiger partial charge in [-0.25, -0.2) is 0 Å². The van der Waals surface area contributed by atoms with E-state index in [0.29, 0.717) is 6.04 Å². The maximum Gasteiger partial charge on any atom is 0.260 e. The van der Waals surface area contributed by atoms with E-state index >= 15 is 0 Å². The van der Waals surface area contributed by atoms with Gasteiger partial charge in [0.1, 0.15) is 5.56 Å². The SMILES string of the molecule is O=C(c1ccc[nH]c1=O)N1CC(N2CCN(C3CCCCC3)CC2)C1. The highest BCUT2D eigenvalue weighted by atomic mass is 16.2. The van der Waals surface area contributed by atoms with Gasteiger partial charge in [0.15, 0.2) is 0 Å². The first-order chi connectivity index (χ1) is 12.2. The molecular formula is C19H28N4O2. The summed E-state index contributed by atoms with van der Waals surface area (Å²) >= 11 is 0. The number of amides is 1. The van der Waals surface area contributed by atoms with E-state index in [2.05, 4.69) is 14.8 Å². The normalized spacial score (nSPS) is 24.2. The summed E-state index contributed by atoms with van der Waals surface area (Å²) in [5, 5.41) is 0. The van der Waals surface area contributed by atoms with E-state index < -0.39 is 0 Å². The van der Waals surface area contributed by atoms with Gasteiger partial charge in [-0.3, -0.25) is 19.4 Å². The van der Waals surface area contributed by atoms with Crippen LogP contribution in [0.3, 0.4) is 0 Å². The van der Waals surface area contributed by atoms with Gasteiger partial charge in [0.05, 0.1) is 0 Å². The summed E-state index contributed by atoms with van der Waals surface area (Å²) in [6, 6.07) is 4.58. The van der Waals surface area contributed by atoms with Gasteiger partial charge in [0.2, 0.25) is 0 Å². The van der Waals surface area contributed by atoms with Crippen molar-refractivity contribution in [3.05, 3.63) is 34.2 Å². The number of carbonyl (C=O) groups excluding carboxylic acids is 1. The van der Waals surface area contributed by atoms with Crippen LogP contribution >= 0.6 is 0 Å². The number of carbonyl (C=O) groups is 1. The average molecular weight is 344 g/mol. The van der Waals surface area contributed by atoms with Gasteiger partial charge in [-0.05, 0) is 25.0 Å². The molecule has 1 aromatic heterocycles. The van der Waals surface area contributed by atoms with E-state index in [1.165, 1.54) is 32.1 Å². The molecule has 3 fully saturated rings. The molecule has 6 heteroatoms. The Bertz CT molecular complexity index is 653. The van der Waals surface area contributed by atoms with Crippen LogP contribution in [0.4, 0.5) is 0 Å². The zero-order chi connectivity index (χ0) is 17.2. The van der Waals surface area contributed by atoms with Crippen molar-refractivity contribution in [3.63, 3.8) is 0 Å². The first kappa shape index (κ1) is 16.8. The maximum atomic E-state index is 12.4. The van der Waals surface area contributed by atoms with Gasteiger partial charge in [-0.15, -0.1) is 0 Å². The number of likely N-dealkylation sites (tertiary alicyclic amines) is 1. The van der Waals surface area contributed by atoms with Crippen LogP contribution < -0.4 is 5.56 Å². The Kier molecular flexibility index (Phi) is 4.90. The highest BCUT2D eigenvalue weighted by molar-refractivity contribution is 5.94. The molecule has 0 bridgehead atoms. The van der Waals surface area contributed by atoms with E-state index in [9.17, 15) is 9.59 Å². The predicted octanol–water partition coefficient (Wildman–Crippen LogP) is 1.15. The molecule has 6 nitrogen and oxygen atoms in total. The van der Waals surface area contributed by atoms with Crippen molar-refractivity contribution in [2.75, 3.05) is 39.3 Å². The molecule has 0 unspecified atom stereocenters. The molecule has 0 spiro atoms. The van der Waals surface area contributed by atoms with Crippen LogP contribution in [-0.2, 0) is 0 Å². The molecule has 1 saturated carbocycles. The standard InChI is InChI=1S/C19H28N4O2/c24-18-17(7-4-8-20-18)19(25)23-13-16(14-23)22-11-9-21(10-12-22)15-5-2-1-3-6-15/h4,7-8,15-16H,1-3,5-6,9-14H2,(H,20,24). The summed E-state index contributed by atoms with van der Waals surface area (Å²) in [7, 11) is 0. The molecule has 1 N–H and O–H groups in total. The summed E-state index contributed by atoms with van der Waals surface area (Å²) in [5.41, 5.74) is -0.0416. The molecule has 1 aromatic rings. The van der Waals surface area contributed by atoms with Crippen LogP contribution in [0.5, 0.6) is 0 Å². The Morgan fingerprint density at radius 1 is 0.960 bits per heavy atom. The van der Waals surface area contributed by atoms with Crippen LogP contribution in [-0.4, -0.2) is 76.9 Å². The van der Waals surface area contributed by atoms with Crippen molar-refractivity contribution in [1.29, 1.82) is 0 Å². The fourth-order valence-corrected chi connectivity index (χ4v) is 4.53. The maximum absolute atomic E-state index is 12.4. The fraction of sp³-hybridized carbons (Fsp3) is 0.684. The summed E-state index contributed by atoms with van der Waals surface area (Å²) in [6.45, 7) is 6.03. The lowest BCUT2D eigenvalue weighted by Crippen LogP contribution is -2.65. The Hall–Kier alpha value is -1.66. The van der Waals surface area contributed by atoms with Crippen molar-refractivity contribution < 1.29 is 4.79 Å². The van der Waals surface area contributed by atoms with Crippen LogP contribution in [0.2, 0.25) is 0 Å². The Labute approximate surface area is 148 Å². The van der Waals surface area contributed by atoms with Gasteiger partial charge in [-0.1, -0.05) is 19.3 Å². The molecule has 2 aliphatic heterocycles. The zero-order valence-corrected chi connectivity index (χ0v) is 14.8. The molecule has 2 saturated heterocycles. The van der Waals surface area contributed by atoms with Gasteiger partial charge >= 0.3 is 0 Å². The van der Waals surface area contributed by atoms with Crippen LogP contribution in [0.15, 0.2) is 23.1 Å². The number of aromatic amines is 1. The third-order valence-electron chi connectivity index (χ3n) is 6.15. The topological polar surface area (TPSA) is 59.7 Å². The summed E-state index contributed by atoms with van der Waals surface area (Å²) in [5.74, 6) is -0.140. The molecule has 0 atom stereocenters. The smallest absolute Gasteiger partial charge is 0.260 e. The lowest BCUT2D eigenvalue weighted by atomic mass is 9.93. The molecule has 3 heterocycles. The van der Waals surface area contributed by atoms with E-state index in [1.54, 1.807) is 23.2 Å². The number of rotatable bonds is 3. The lowest BCUT2D eigenvalue weighted by molar-refractivity contribution is -0.00270. The zero-order valence-electron chi connectivity index (χ0n) is 14.8. The van der Waals surface area contributed by atoms with E-state index in [-0.39, 0.29) is 17.0 Å². The van der Waals surface area contributed by atoms with Gasteiger partial charge < -0.3 is 9.88 Å². The van der Waals surface area contributed by atoms with E-state index in [4.69, 9.17) is 0 Å². The summed E-state index contributed by atoms with van der Waals surface area (Å²) in [6.07, 6.45) is 8.50. The van der Waals surface area contributed by atoms with Crippen molar-refractivity contribution in [2.24, 2.45) is 0 Å². The second-order valence-corrected chi connectivity index (χ2v) is 7.64. The lowest BCUT2D eigenvalue weighted by Gasteiger charge is -2.49. The van der Waals surface area contributed by atoms with Crippen molar-refractivity contribution in [3.8, 4) is 0 Å². The van der Waals surface area contributed by atoms with Gasteiger partial charge in [0, 0.05) is 57.5 Å². The quantitative estimate of drug-likeness (QED) is 0.894. The molecule has 4 rings (SSSR count). The number of nitrogens with zero attached hydrogens (tertiary/aromatic N) is 3. The molecule has 0 aromatic carbocycles. The van der Waals surface area contributed by atoms with Crippen molar-refractivity contribution >= 4 is 5.91 Å². The second kappa shape index (κ2) is 7.30. The Balaban J connectivity index is 1.25. The highest BCUT2D eigenvalue weighted by Gasteiger charge is 2.37. The minimum Gasteiger partial charge on any atom is -0.335 e. The van der Waals surface area contributed by atoms with E-state index in [0.717, 1.165) is 45.3 Å². The number of pyridine rings is 1. The third kappa shape index (κ3) is 3.51. The van der Waals surface area contributed by atoms with E-state index in [1.807, 2.05) is 0 Å². The number of hydrogen-bond acceptors (Lipinski definition) is 4. The van der Waals surface area contributed by atoms with Crippen LogP contribution in [0.25, 0.3) is 0 Å². The number of nitrogens with one attached hydrogen (secondary N) is 1. The molecule has 136 valence electrons. The van der Waals surface area contributed by atoms with Crippen molar-refractivity contribution in [1.82, 2.24) is 19.7 Å². The van der Waals surface area contributed by atoms with Gasteiger partial charge in [0.25, 0.3) is 11.5 Å². The Morgan fingerprint density at radius 3 is 2.24 bits per heavy atom. The number of hydrogen-bond donors (Lipinski definition) is 1. The number of H-pyrrole nitrogens is 1. The van der Waals surface area contributed by atoms with Crippen LogP contribution in [0, 0.1) is 0 Å². The highest BCUT2D eigenvalue weighted by Crippen LogP contribution is 2.25. The monoisotopic (exact) mass is 344 g/mol. The first-order valence-corrected chi connectivity index (χ1v) is 9.67. The van der Waals surface area contributed by atoms with Crippen molar-refractivity contribution in [2.45, 2.75) is 44.2 Å². The molecule has 25 heavy (non-hydrogen) atoms. The summed E-state index contributed by atoms with van der Waals surface area (Å²) in [4.78, 5) is 33.7. The van der Waals surface area contributed by atoms with Crippen LogP contribution in [0.1, 0.15) is 42.5 Å². The molecule has 1 aliphatic carbocycles. The van der Waals surface area contributed by atoms with Gasteiger partial charge in [-0.2, -0.15) is 0 Å². The Morgan fingerprint density at radius 2 is 1.60 bits per heavy atom. The number of piperazine rings is 1. The summed E-state index contributed by atoms with van der Waals surface area (Å²) < 4.78 is 0. The average Bonchev–Trinajstić information content (AvgIpc) is 2.62. The minimum atomic E-state index is -0.294. The molecular weight excluding hydrogens is 316 g/mol. The first-order valence-electron chi connectivity index (χ1n) is 9.67. The molecule has 3 aliphatic rings. The minimum absolute atomic E-state index is 0.140. The fourth-order valence-electron chi connectivity index (χ4n) is 4.53.